The topological polar surface area (TPSA) is 32.3 Å². The highest BCUT2D eigenvalue weighted by molar-refractivity contribution is 5.30. The molecular weight excluding hydrogens is 255 g/mol. The molecule has 2 nitrogen and oxygen atoms in total. The van der Waals surface area contributed by atoms with E-state index >= 15 is 0 Å². The Labute approximate surface area is 110 Å². The molecule has 1 aliphatic rings. The Kier molecular flexibility index (Phi) is 3.62. The molecule has 0 bridgehead atoms. The van der Waals surface area contributed by atoms with Crippen LogP contribution in [-0.4, -0.2) is 18.2 Å². The summed E-state index contributed by atoms with van der Waals surface area (Å²) < 4.78 is 37.6. The predicted molar refractivity (Wildman–Crippen MR) is 66.5 cm³/mol. The first kappa shape index (κ1) is 14.3. The van der Waals surface area contributed by atoms with Crippen LogP contribution in [0.4, 0.5) is 13.2 Å². The molecule has 5 heteroatoms. The average molecular weight is 273 g/mol. The SMILES string of the molecule is C[C@@H]1CNC[C@H](C)[C@@]1(O)c1ccc(C(F)(F)F)cc1. The lowest BCUT2D eigenvalue weighted by Crippen LogP contribution is -2.52. The van der Waals surface area contributed by atoms with E-state index in [1.54, 1.807) is 0 Å². The van der Waals surface area contributed by atoms with Gasteiger partial charge in [0.2, 0.25) is 0 Å². The molecule has 0 saturated carbocycles. The van der Waals surface area contributed by atoms with Gasteiger partial charge in [0.05, 0.1) is 11.2 Å². The van der Waals surface area contributed by atoms with Crippen molar-refractivity contribution in [3.05, 3.63) is 35.4 Å². The summed E-state index contributed by atoms with van der Waals surface area (Å²) >= 11 is 0. The summed E-state index contributed by atoms with van der Waals surface area (Å²) in [5.41, 5.74) is -1.20. The van der Waals surface area contributed by atoms with Crippen molar-refractivity contribution in [1.29, 1.82) is 0 Å². The number of hydrogen-bond acceptors (Lipinski definition) is 2. The molecule has 2 N–H and O–H groups in total. The van der Waals surface area contributed by atoms with Gasteiger partial charge in [-0.1, -0.05) is 26.0 Å². The number of aliphatic hydroxyl groups is 1. The predicted octanol–water partition coefficient (Wildman–Crippen LogP) is 2.77. The van der Waals surface area contributed by atoms with Crippen molar-refractivity contribution in [2.75, 3.05) is 13.1 Å². The van der Waals surface area contributed by atoms with E-state index in [1.807, 2.05) is 13.8 Å². The Morgan fingerprint density at radius 3 is 2.00 bits per heavy atom. The number of rotatable bonds is 1. The number of alkyl halides is 3. The molecular formula is C14H18F3NO. The first-order valence-electron chi connectivity index (χ1n) is 6.37. The maximum atomic E-state index is 12.5. The fraction of sp³-hybridized carbons (Fsp3) is 0.571. The number of halogens is 3. The van der Waals surface area contributed by atoms with Crippen LogP contribution in [0.3, 0.4) is 0 Å². The zero-order valence-electron chi connectivity index (χ0n) is 11.0. The first-order chi connectivity index (χ1) is 8.76. The normalized spacial score (nSPS) is 32.3. The fourth-order valence-corrected chi connectivity index (χ4v) is 2.81. The van der Waals surface area contributed by atoms with E-state index in [-0.39, 0.29) is 11.8 Å². The highest BCUT2D eigenvalue weighted by atomic mass is 19.4. The molecule has 1 aromatic carbocycles. The lowest BCUT2D eigenvalue weighted by Gasteiger charge is -2.44. The van der Waals surface area contributed by atoms with Crippen LogP contribution in [-0.2, 0) is 11.8 Å². The molecule has 19 heavy (non-hydrogen) atoms. The van der Waals surface area contributed by atoms with Gasteiger partial charge in [-0.3, -0.25) is 0 Å². The van der Waals surface area contributed by atoms with Crippen LogP contribution in [0.2, 0.25) is 0 Å². The molecule has 0 spiro atoms. The quantitative estimate of drug-likeness (QED) is 0.824. The summed E-state index contributed by atoms with van der Waals surface area (Å²) in [7, 11) is 0. The van der Waals surface area contributed by atoms with Crippen molar-refractivity contribution in [2.24, 2.45) is 11.8 Å². The zero-order valence-corrected chi connectivity index (χ0v) is 11.0. The van der Waals surface area contributed by atoms with Gasteiger partial charge >= 0.3 is 6.18 Å². The van der Waals surface area contributed by atoms with Crippen LogP contribution in [0.15, 0.2) is 24.3 Å². The second kappa shape index (κ2) is 4.80. The van der Waals surface area contributed by atoms with Gasteiger partial charge in [-0.2, -0.15) is 13.2 Å². The number of hydrogen-bond donors (Lipinski definition) is 2. The molecule has 106 valence electrons. The van der Waals surface area contributed by atoms with Gasteiger partial charge in [0.25, 0.3) is 0 Å². The lowest BCUT2D eigenvalue weighted by atomic mass is 9.71. The van der Waals surface area contributed by atoms with Crippen LogP contribution in [0.1, 0.15) is 25.0 Å². The van der Waals surface area contributed by atoms with Crippen LogP contribution in [0.5, 0.6) is 0 Å². The van der Waals surface area contributed by atoms with Gasteiger partial charge in [-0.25, -0.2) is 0 Å². The second-order valence-electron chi connectivity index (χ2n) is 5.36. The number of piperidine rings is 1. The van der Waals surface area contributed by atoms with E-state index in [1.165, 1.54) is 12.1 Å². The molecule has 0 aromatic heterocycles. The molecule has 0 unspecified atom stereocenters. The number of nitrogens with one attached hydrogen (secondary N) is 1. The van der Waals surface area contributed by atoms with Crippen molar-refractivity contribution in [1.82, 2.24) is 5.32 Å². The fourth-order valence-electron chi connectivity index (χ4n) is 2.81. The van der Waals surface area contributed by atoms with Gasteiger partial charge in [0, 0.05) is 24.9 Å². The molecule has 0 amide bonds. The standard InChI is InChI=1S/C14H18F3NO/c1-9-7-18-8-10(2)13(9,19)11-3-5-12(6-4-11)14(15,16)17/h3-6,9-10,18-19H,7-8H2,1-2H3/t9-,10+,13-. The van der Waals surface area contributed by atoms with E-state index in [9.17, 15) is 18.3 Å². The Bertz CT molecular complexity index is 431. The van der Waals surface area contributed by atoms with Crippen molar-refractivity contribution >= 4 is 0 Å². The molecule has 0 aliphatic carbocycles. The van der Waals surface area contributed by atoms with Crippen molar-refractivity contribution in [2.45, 2.75) is 25.6 Å². The summed E-state index contributed by atoms with van der Waals surface area (Å²) in [5.74, 6) is -0.0963. The number of benzene rings is 1. The Balaban J connectivity index is 2.35. The van der Waals surface area contributed by atoms with E-state index in [4.69, 9.17) is 0 Å². The third-order valence-corrected chi connectivity index (χ3v) is 4.08. The van der Waals surface area contributed by atoms with Crippen molar-refractivity contribution in [3.8, 4) is 0 Å². The summed E-state index contributed by atoms with van der Waals surface area (Å²) in [6.45, 7) is 5.12. The van der Waals surface area contributed by atoms with Crippen LogP contribution < -0.4 is 5.32 Å². The highest BCUT2D eigenvalue weighted by Crippen LogP contribution is 2.40. The summed E-state index contributed by atoms with van der Waals surface area (Å²) in [6, 6.07) is 4.85. The molecule has 2 rings (SSSR count). The second-order valence-corrected chi connectivity index (χ2v) is 5.36. The van der Waals surface area contributed by atoms with E-state index < -0.39 is 17.3 Å². The lowest BCUT2D eigenvalue weighted by molar-refractivity contribution is -0.137. The third kappa shape index (κ3) is 2.49. The van der Waals surface area contributed by atoms with Crippen LogP contribution in [0, 0.1) is 11.8 Å². The minimum Gasteiger partial charge on any atom is -0.385 e. The van der Waals surface area contributed by atoms with Gasteiger partial charge in [0.15, 0.2) is 0 Å². The molecule has 1 heterocycles. The van der Waals surface area contributed by atoms with Gasteiger partial charge in [-0.15, -0.1) is 0 Å². The average Bonchev–Trinajstić information content (AvgIpc) is 2.35. The Morgan fingerprint density at radius 1 is 1.11 bits per heavy atom. The molecule has 1 fully saturated rings. The summed E-state index contributed by atoms with van der Waals surface area (Å²) in [5, 5.41) is 14.1. The maximum Gasteiger partial charge on any atom is 0.416 e. The van der Waals surface area contributed by atoms with Gasteiger partial charge in [-0.05, 0) is 17.7 Å². The van der Waals surface area contributed by atoms with Crippen molar-refractivity contribution in [3.63, 3.8) is 0 Å². The smallest absolute Gasteiger partial charge is 0.385 e. The largest absolute Gasteiger partial charge is 0.416 e. The Morgan fingerprint density at radius 2 is 1.58 bits per heavy atom. The van der Waals surface area contributed by atoms with Crippen LogP contribution >= 0.6 is 0 Å². The van der Waals surface area contributed by atoms with Gasteiger partial charge < -0.3 is 10.4 Å². The molecule has 3 atom stereocenters. The Hall–Kier alpha value is -1.07. The van der Waals surface area contributed by atoms with E-state index in [2.05, 4.69) is 5.32 Å². The summed E-state index contributed by atoms with van der Waals surface area (Å²) in [6.07, 6.45) is -4.34. The maximum absolute atomic E-state index is 12.5. The monoisotopic (exact) mass is 273 g/mol. The molecule has 1 saturated heterocycles. The zero-order chi connectivity index (χ0) is 14.3. The van der Waals surface area contributed by atoms with E-state index in [0.717, 1.165) is 12.1 Å². The van der Waals surface area contributed by atoms with Crippen LogP contribution in [0.25, 0.3) is 0 Å². The summed E-state index contributed by atoms with van der Waals surface area (Å²) in [4.78, 5) is 0. The highest BCUT2D eigenvalue weighted by Gasteiger charge is 2.43. The minimum absolute atomic E-state index is 0.0482. The van der Waals surface area contributed by atoms with Gasteiger partial charge in [0.1, 0.15) is 0 Å². The van der Waals surface area contributed by atoms with E-state index in [0.29, 0.717) is 18.7 Å². The molecule has 0 radical (unpaired) electrons. The molecule has 1 aromatic rings. The molecule has 1 aliphatic heterocycles. The minimum atomic E-state index is -4.34. The first-order valence-corrected chi connectivity index (χ1v) is 6.37. The van der Waals surface area contributed by atoms with Crippen molar-refractivity contribution < 1.29 is 18.3 Å². The third-order valence-electron chi connectivity index (χ3n) is 4.08.